The first-order valence-corrected chi connectivity index (χ1v) is 10.7. The predicted octanol–water partition coefficient (Wildman–Crippen LogP) is 3.24. The molecule has 1 amide bonds. The molecule has 1 saturated heterocycles. The molecule has 5 nitrogen and oxygen atoms in total. The van der Waals surface area contributed by atoms with E-state index in [2.05, 4.69) is 26.8 Å². The summed E-state index contributed by atoms with van der Waals surface area (Å²) in [7, 11) is 1.95. The molecule has 1 aliphatic carbocycles. The first-order valence-electron chi connectivity index (χ1n) is 9.87. The number of rotatable bonds is 5. The molecular formula is C20H28N4OS. The van der Waals surface area contributed by atoms with Crippen molar-refractivity contribution in [2.75, 3.05) is 26.2 Å². The molecule has 2 aromatic rings. The minimum Gasteiger partial charge on any atom is -0.351 e. The highest BCUT2D eigenvalue weighted by molar-refractivity contribution is 7.10. The van der Waals surface area contributed by atoms with Crippen molar-refractivity contribution in [1.82, 2.24) is 20.0 Å². The molecule has 0 bridgehead atoms. The Morgan fingerprint density at radius 2 is 2.04 bits per heavy atom. The molecule has 0 radical (unpaired) electrons. The van der Waals surface area contributed by atoms with E-state index in [1.165, 1.54) is 49.2 Å². The highest BCUT2D eigenvalue weighted by Crippen LogP contribution is 2.37. The van der Waals surface area contributed by atoms with Crippen LogP contribution in [0, 0.1) is 0 Å². The number of fused-ring (bicyclic) bond motifs is 3. The smallest absolute Gasteiger partial charge is 0.272 e. The molecule has 3 heterocycles. The summed E-state index contributed by atoms with van der Waals surface area (Å²) < 4.78 is 1.88. The van der Waals surface area contributed by atoms with Crippen LogP contribution in [0.25, 0.3) is 11.3 Å². The summed E-state index contributed by atoms with van der Waals surface area (Å²) in [6.45, 7) is 4.23. The number of likely N-dealkylation sites (tertiary alicyclic amines) is 1. The van der Waals surface area contributed by atoms with E-state index in [0.29, 0.717) is 5.69 Å². The van der Waals surface area contributed by atoms with Crippen LogP contribution < -0.4 is 5.32 Å². The summed E-state index contributed by atoms with van der Waals surface area (Å²) in [5, 5.41) is 9.78. The van der Waals surface area contributed by atoms with Crippen LogP contribution in [0.15, 0.2) is 11.4 Å². The average Bonchev–Trinajstić information content (AvgIpc) is 3.15. The summed E-state index contributed by atoms with van der Waals surface area (Å²) in [6.07, 6.45) is 8.30. The van der Waals surface area contributed by atoms with Gasteiger partial charge in [0.15, 0.2) is 5.69 Å². The molecule has 0 saturated carbocycles. The lowest BCUT2D eigenvalue weighted by Gasteiger charge is -2.19. The molecule has 4 rings (SSSR count). The van der Waals surface area contributed by atoms with Gasteiger partial charge in [-0.1, -0.05) is 12.8 Å². The second kappa shape index (κ2) is 7.92. The van der Waals surface area contributed by atoms with E-state index in [9.17, 15) is 4.79 Å². The largest absolute Gasteiger partial charge is 0.351 e. The number of hydrogen-bond acceptors (Lipinski definition) is 4. The van der Waals surface area contributed by atoms with Crippen molar-refractivity contribution in [3.05, 3.63) is 27.6 Å². The van der Waals surface area contributed by atoms with Crippen molar-refractivity contribution in [2.45, 2.75) is 44.9 Å². The monoisotopic (exact) mass is 372 g/mol. The molecule has 0 unspecified atom stereocenters. The first kappa shape index (κ1) is 17.7. The zero-order valence-electron chi connectivity index (χ0n) is 15.6. The normalized spacial score (nSPS) is 17.4. The Hall–Kier alpha value is -1.66. The molecule has 140 valence electrons. The minimum atomic E-state index is -0.0172. The topological polar surface area (TPSA) is 50.2 Å². The number of amides is 1. The Morgan fingerprint density at radius 3 is 2.85 bits per heavy atom. The highest BCUT2D eigenvalue weighted by atomic mass is 32.1. The number of carbonyl (C=O) groups is 1. The van der Waals surface area contributed by atoms with Gasteiger partial charge in [0, 0.05) is 29.6 Å². The van der Waals surface area contributed by atoms with Gasteiger partial charge in [-0.15, -0.1) is 11.3 Å². The Kier molecular flexibility index (Phi) is 5.41. The number of nitrogens with one attached hydrogen (secondary N) is 1. The lowest BCUT2D eigenvalue weighted by Crippen LogP contribution is -2.31. The zero-order valence-corrected chi connectivity index (χ0v) is 16.4. The minimum absolute atomic E-state index is 0.0172. The summed E-state index contributed by atoms with van der Waals surface area (Å²) in [5.74, 6) is -0.0172. The van der Waals surface area contributed by atoms with Gasteiger partial charge in [-0.05, 0) is 63.2 Å². The molecule has 6 heteroatoms. The van der Waals surface area contributed by atoms with Gasteiger partial charge in [0.05, 0.1) is 5.69 Å². The molecule has 0 atom stereocenters. The fraction of sp³-hybridized carbons (Fsp3) is 0.600. The molecule has 1 aliphatic heterocycles. The van der Waals surface area contributed by atoms with Crippen LogP contribution in [0.4, 0.5) is 0 Å². The van der Waals surface area contributed by atoms with Gasteiger partial charge in [0.25, 0.3) is 5.91 Å². The quantitative estimate of drug-likeness (QED) is 0.820. The van der Waals surface area contributed by atoms with E-state index in [-0.39, 0.29) is 5.91 Å². The summed E-state index contributed by atoms with van der Waals surface area (Å²) in [4.78, 5) is 16.6. The predicted molar refractivity (Wildman–Crippen MR) is 106 cm³/mol. The second-order valence-corrected chi connectivity index (χ2v) is 8.42. The molecule has 1 fully saturated rings. The van der Waals surface area contributed by atoms with Gasteiger partial charge >= 0.3 is 0 Å². The third-order valence-corrected chi connectivity index (χ3v) is 6.58. The van der Waals surface area contributed by atoms with E-state index in [1.807, 2.05) is 11.7 Å². The van der Waals surface area contributed by atoms with Crippen molar-refractivity contribution in [1.29, 1.82) is 0 Å². The van der Waals surface area contributed by atoms with Crippen LogP contribution in [-0.2, 0) is 19.9 Å². The van der Waals surface area contributed by atoms with Gasteiger partial charge in [-0.3, -0.25) is 9.48 Å². The molecule has 0 aromatic carbocycles. The fourth-order valence-corrected chi connectivity index (χ4v) is 5.14. The van der Waals surface area contributed by atoms with Crippen LogP contribution in [0.2, 0.25) is 0 Å². The Morgan fingerprint density at radius 1 is 1.23 bits per heavy atom. The number of nitrogens with zero attached hydrogens (tertiary/aromatic N) is 3. The SMILES string of the molecule is Cn1nc(C(=O)NCCCN2CCCCCC2)c2c1-c1ccsc1CC2. The van der Waals surface area contributed by atoms with E-state index >= 15 is 0 Å². The van der Waals surface area contributed by atoms with Crippen LogP contribution in [-0.4, -0.2) is 46.8 Å². The van der Waals surface area contributed by atoms with Gasteiger partial charge < -0.3 is 10.2 Å². The summed E-state index contributed by atoms with van der Waals surface area (Å²) in [6, 6.07) is 2.16. The molecule has 2 aromatic heterocycles. The first-order chi connectivity index (χ1) is 12.7. The maximum atomic E-state index is 12.7. The van der Waals surface area contributed by atoms with Crippen LogP contribution in [0.5, 0.6) is 0 Å². The fourth-order valence-electron chi connectivity index (χ4n) is 4.26. The van der Waals surface area contributed by atoms with Gasteiger partial charge in [-0.2, -0.15) is 5.10 Å². The highest BCUT2D eigenvalue weighted by Gasteiger charge is 2.27. The molecular weight excluding hydrogens is 344 g/mol. The third-order valence-electron chi connectivity index (χ3n) is 5.60. The summed E-state index contributed by atoms with van der Waals surface area (Å²) >= 11 is 1.80. The maximum Gasteiger partial charge on any atom is 0.272 e. The van der Waals surface area contributed by atoms with Crippen LogP contribution >= 0.6 is 11.3 Å². The van der Waals surface area contributed by atoms with E-state index in [1.54, 1.807) is 11.3 Å². The van der Waals surface area contributed by atoms with Gasteiger partial charge in [-0.25, -0.2) is 0 Å². The van der Waals surface area contributed by atoms with Crippen molar-refractivity contribution < 1.29 is 4.79 Å². The van der Waals surface area contributed by atoms with Gasteiger partial charge in [0.1, 0.15) is 0 Å². The molecule has 26 heavy (non-hydrogen) atoms. The van der Waals surface area contributed by atoms with Crippen molar-refractivity contribution in [2.24, 2.45) is 7.05 Å². The average molecular weight is 373 g/mol. The van der Waals surface area contributed by atoms with Gasteiger partial charge in [0.2, 0.25) is 0 Å². The van der Waals surface area contributed by atoms with Crippen LogP contribution in [0.1, 0.15) is 53.0 Å². The van der Waals surface area contributed by atoms with Crippen molar-refractivity contribution in [3.63, 3.8) is 0 Å². The molecule has 1 N–H and O–H groups in total. The lowest BCUT2D eigenvalue weighted by molar-refractivity contribution is 0.0945. The number of hydrogen-bond donors (Lipinski definition) is 1. The Balaban J connectivity index is 1.35. The van der Waals surface area contributed by atoms with E-state index in [4.69, 9.17) is 0 Å². The third kappa shape index (κ3) is 3.58. The van der Waals surface area contributed by atoms with E-state index < -0.39 is 0 Å². The number of carbonyl (C=O) groups excluding carboxylic acids is 1. The second-order valence-electron chi connectivity index (χ2n) is 7.42. The number of aryl methyl sites for hydroxylation is 2. The maximum absolute atomic E-state index is 12.7. The standard InChI is InChI=1S/C20H28N4OS/c1-23-19-15-9-14-26-17(15)8-7-16(19)18(22-23)20(25)21-10-6-13-24-11-4-2-3-5-12-24/h9,14H,2-8,10-13H2,1H3,(H,21,25). The molecule has 2 aliphatic rings. The lowest BCUT2D eigenvalue weighted by atomic mass is 9.94. The van der Waals surface area contributed by atoms with Crippen molar-refractivity contribution in [3.8, 4) is 11.3 Å². The Bertz CT molecular complexity index is 771. The Labute approximate surface area is 159 Å². The molecule has 0 spiro atoms. The van der Waals surface area contributed by atoms with Crippen LogP contribution in [0.3, 0.4) is 0 Å². The number of aromatic nitrogens is 2. The van der Waals surface area contributed by atoms with Crippen molar-refractivity contribution >= 4 is 17.2 Å². The van der Waals surface area contributed by atoms with E-state index in [0.717, 1.165) is 43.6 Å². The number of thiophene rings is 1. The summed E-state index contributed by atoms with van der Waals surface area (Å²) in [5.41, 5.74) is 4.12. The zero-order chi connectivity index (χ0) is 17.9.